The van der Waals surface area contributed by atoms with E-state index in [1.165, 1.54) is 24.3 Å². The van der Waals surface area contributed by atoms with Gasteiger partial charge in [0.1, 0.15) is 18.0 Å². The molecular formula is C14H20N4OS. The molecule has 20 heavy (non-hydrogen) atoms. The fourth-order valence-electron chi connectivity index (χ4n) is 3.37. The highest BCUT2D eigenvalue weighted by atomic mass is 32.2. The molecule has 0 saturated carbocycles. The molecule has 5 nitrogen and oxygen atoms in total. The molecule has 3 fully saturated rings. The van der Waals surface area contributed by atoms with Crippen LogP contribution >= 0.6 is 11.8 Å². The van der Waals surface area contributed by atoms with Crippen LogP contribution in [0.25, 0.3) is 0 Å². The molecule has 4 heterocycles. The van der Waals surface area contributed by atoms with Gasteiger partial charge < -0.3 is 15.0 Å². The molecular weight excluding hydrogens is 272 g/mol. The van der Waals surface area contributed by atoms with Crippen molar-refractivity contribution >= 4 is 23.4 Å². The Hall–Kier alpha value is -1.01. The van der Waals surface area contributed by atoms with Crippen LogP contribution in [0.2, 0.25) is 0 Å². The number of aromatic nitrogens is 2. The molecule has 2 bridgehead atoms. The van der Waals surface area contributed by atoms with Crippen LogP contribution in [0, 0.1) is 0 Å². The molecule has 3 aliphatic rings. The first-order valence-electron chi connectivity index (χ1n) is 7.45. The van der Waals surface area contributed by atoms with E-state index >= 15 is 0 Å². The van der Waals surface area contributed by atoms with Gasteiger partial charge in [0.05, 0.1) is 18.2 Å². The zero-order valence-electron chi connectivity index (χ0n) is 11.5. The highest BCUT2D eigenvalue weighted by Crippen LogP contribution is 2.35. The van der Waals surface area contributed by atoms with Gasteiger partial charge >= 0.3 is 0 Å². The first kappa shape index (κ1) is 12.7. The summed E-state index contributed by atoms with van der Waals surface area (Å²) in [5.41, 5.74) is 0. The van der Waals surface area contributed by atoms with Crippen molar-refractivity contribution in [2.45, 2.75) is 37.5 Å². The third-order valence-corrected chi connectivity index (χ3v) is 5.37. The summed E-state index contributed by atoms with van der Waals surface area (Å²) in [5.74, 6) is 4.36. The number of hydrogen-bond donors (Lipinski definition) is 1. The number of thioether (sulfide) groups is 1. The van der Waals surface area contributed by atoms with Crippen LogP contribution in [0.1, 0.15) is 19.3 Å². The van der Waals surface area contributed by atoms with E-state index in [0.717, 1.165) is 31.1 Å². The second kappa shape index (κ2) is 5.41. The molecule has 3 saturated heterocycles. The Bertz CT molecular complexity index is 480. The zero-order chi connectivity index (χ0) is 13.4. The monoisotopic (exact) mass is 292 g/mol. The van der Waals surface area contributed by atoms with E-state index in [2.05, 4.69) is 26.3 Å². The van der Waals surface area contributed by atoms with Gasteiger partial charge in [-0.15, -0.1) is 0 Å². The molecule has 0 spiro atoms. The Kier molecular flexibility index (Phi) is 3.44. The first-order valence-corrected chi connectivity index (χ1v) is 8.61. The average molecular weight is 292 g/mol. The maximum atomic E-state index is 5.88. The molecule has 1 aromatic rings. The molecule has 2 unspecified atom stereocenters. The normalized spacial score (nSPS) is 32.6. The standard InChI is InChI=1S/C14H20N4OS/c1-2-12-11(7-10(1)19-12)17-13-8-14(16-9-15-13)18-3-5-20-6-4-18/h8-12H,1-7H2,(H,15,16,17)/t10?,11-,12?/m0/s1. The lowest BCUT2D eigenvalue weighted by Gasteiger charge is -2.28. The molecule has 0 radical (unpaired) electrons. The number of nitrogens with zero attached hydrogens (tertiary/aromatic N) is 3. The first-order chi connectivity index (χ1) is 9.88. The third kappa shape index (κ3) is 2.46. The lowest BCUT2D eigenvalue weighted by Crippen LogP contribution is -2.34. The molecule has 3 aliphatic heterocycles. The number of rotatable bonds is 3. The number of ether oxygens (including phenoxy) is 1. The summed E-state index contributed by atoms with van der Waals surface area (Å²) in [6.45, 7) is 2.16. The van der Waals surface area contributed by atoms with Gasteiger partial charge in [0.15, 0.2) is 0 Å². The quantitative estimate of drug-likeness (QED) is 0.916. The van der Waals surface area contributed by atoms with E-state index in [-0.39, 0.29) is 0 Å². The number of nitrogens with one attached hydrogen (secondary N) is 1. The molecule has 108 valence electrons. The molecule has 1 aromatic heterocycles. The van der Waals surface area contributed by atoms with Crippen LogP contribution in [-0.2, 0) is 4.74 Å². The smallest absolute Gasteiger partial charge is 0.134 e. The molecule has 0 amide bonds. The van der Waals surface area contributed by atoms with Crippen molar-refractivity contribution < 1.29 is 4.74 Å². The van der Waals surface area contributed by atoms with Gasteiger partial charge in [-0.1, -0.05) is 0 Å². The molecule has 3 atom stereocenters. The Morgan fingerprint density at radius 2 is 2.15 bits per heavy atom. The van der Waals surface area contributed by atoms with Crippen molar-refractivity contribution in [2.24, 2.45) is 0 Å². The molecule has 0 aromatic carbocycles. The van der Waals surface area contributed by atoms with Gasteiger partial charge in [-0.05, 0) is 19.3 Å². The summed E-state index contributed by atoms with van der Waals surface area (Å²) in [5, 5.41) is 3.54. The molecule has 6 heteroatoms. The number of anilines is 2. The zero-order valence-corrected chi connectivity index (χ0v) is 12.3. The SMILES string of the molecule is c1nc(N[C@H]2CC3CCC2O3)cc(N2CCSCC2)n1. The second-order valence-electron chi connectivity index (χ2n) is 5.72. The van der Waals surface area contributed by atoms with Crippen molar-refractivity contribution in [2.75, 3.05) is 34.8 Å². The molecule has 1 N–H and O–H groups in total. The highest BCUT2D eigenvalue weighted by molar-refractivity contribution is 7.99. The predicted molar refractivity (Wildman–Crippen MR) is 81.5 cm³/mol. The van der Waals surface area contributed by atoms with Crippen molar-refractivity contribution in [1.29, 1.82) is 0 Å². The summed E-state index contributed by atoms with van der Waals surface area (Å²) in [7, 11) is 0. The van der Waals surface area contributed by atoms with Gasteiger partial charge in [0.25, 0.3) is 0 Å². The Balaban J connectivity index is 1.45. The van der Waals surface area contributed by atoms with E-state index in [4.69, 9.17) is 4.74 Å². The van der Waals surface area contributed by atoms with E-state index in [9.17, 15) is 0 Å². The minimum absolute atomic E-state index is 0.379. The minimum Gasteiger partial charge on any atom is -0.373 e. The van der Waals surface area contributed by atoms with Gasteiger partial charge in [0, 0.05) is 30.7 Å². The lowest BCUT2D eigenvalue weighted by atomic mass is 9.95. The topological polar surface area (TPSA) is 50.3 Å². The molecule has 0 aliphatic carbocycles. The summed E-state index contributed by atoms with van der Waals surface area (Å²) in [6, 6.07) is 2.51. The van der Waals surface area contributed by atoms with Crippen molar-refractivity contribution in [1.82, 2.24) is 9.97 Å². The van der Waals surface area contributed by atoms with Crippen LogP contribution in [0.15, 0.2) is 12.4 Å². The van der Waals surface area contributed by atoms with E-state index in [1.54, 1.807) is 6.33 Å². The van der Waals surface area contributed by atoms with Crippen LogP contribution in [-0.4, -0.2) is 52.8 Å². The van der Waals surface area contributed by atoms with Gasteiger partial charge in [-0.3, -0.25) is 0 Å². The minimum atomic E-state index is 0.379. The summed E-state index contributed by atoms with van der Waals surface area (Å²) < 4.78 is 5.88. The third-order valence-electron chi connectivity index (χ3n) is 4.43. The maximum Gasteiger partial charge on any atom is 0.134 e. The largest absolute Gasteiger partial charge is 0.373 e. The van der Waals surface area contributed by atoms with Gasteiger partial charge in [0.2, 0.25) is 0 Å². The van der Waals surface area contributed by atoms with Crippen LogP contribution < -0.4 is 10.2 Å². The number of hydrogen-bond acceptors (Lipinski definition) is 6. The van der Waals surface area contributed by atoms with Crippen LogP contribution in [0.5, 0.6) is 0 Å². The summed E-state index contributed by atoms with van der Waals surface area (Å²) in [4.78, 5) is 11.1. The van der Waals surface area contributed by atoms with E-state index < -0.39 is 0 Å². The maximum absolute atomic E-state index is 5.88. The highest BCUT2D eigenvalue weighted by Gasteiger charge is 2.40. The van der Waals surface area contributed by atoms with Crippen molar-refractivity contribution in [3.05, 3.63) is 12.4 Å². The molecule has 4 rings (SSSR count). The van der Waals surface area contributed by atoms with E-state index in [1.807, 2.05) is 11.8 Å². The van der Waals surface area contributed by atoms with Gasteiger partial charge in [-0.25, -0.2) is 9.97 Å². The second-order valence-corrected chi connectivity index (χ2v) is 6.95. The average Bonchev–Trinajstić information content (AvgIpc) is 3.11. The Morgan fingerprint density at radius 3 is 2.90 bits per heavy atom. The van der Waals surface area contributed by atoms with E-state index in [0.29, 0.717) is 18.2 Å². The predicted octanol–water partition coefficient (Wildman–Crippen LogP) is 1.76. The lowest BCUT2D eigenvalue weighted by molar-refractivity contribution is 0.102. The van der Waals surface area contributed by atoms with Crippen LogP contribution in [0.3, 0.4) is 0 Å². The van der Waals surface area contributed by atoms with Crippen molar-refractivity contribution in [3.8, 4) is 0 Å². The van der Waals surface area contributed by atoms with Crippen molar-refractivity contribution in [3.63, 3.8) is 0 Å². The van der Waals surface area contributed by atoms with Crippen LogP contribution in [0.4, 0.5) is 11.6 Å². The summed E-state index contributed by atoms with van der Waals surface area (Å²) in [6.07, 6.45) is 6.05. The number of fused-ring (bicyclic) bond motifs is 2. The summed E-state index contributed by atoms with van der Waals surface area (Å²) >= 11 is 2.01. The Morgan fingerprint density at radius 1 is 1.25 bits per heavy atom. The fraction of sp³-hybridized carbons (Fsp3) is 0.714. The Labute approximate surface area is 123 Å². The fourth-order valence-corrected chi connectivity index (χ4v) is 4.27. The van der Waals surface area contributed by atoms with Gasteiger partial charge in [-0.2, -0.15) is 11.8 Å².